The Labute approximate surface area is 82.0 Å². The second-order valence-corrected chi connectivity index (χ2v) is 4.83. The van der Waals surface area contributed by atoms with Crippen LogP contribution in [-0.2, 0) is 0 Å². The molecule has 70 valence electrons. The van der Waals surface area contributed by atoms with E-state index in [0.717, 1.165) is 11.2 Å². The van der Waals surface area contributed by atoms with Gasteiger partial charge in [0.1, 0.15) is 5.69 Å². The van der Waals surface area contributed by atoms with Crippen LogP contribution in [0.3, 0.4) is 0 Å². The van der Waals surface area contributed by atoms with Crippen LogP contribution < -0.4 is 0 Å². The van der Waals surface area contributed by atoms with Gasteiger partial charge in [-0.3, -0.25) is 4.79 Å². The lowest BCUT2D eigenvalue weighted by Crippen LogP contribution is -1.91. The van der Waals surface area contributed by atoms with E-state index in [9.17, 15) is 4.79 Å². The zero-order valence-corrected chi connectivity index (χ0v) is 8.56. The Kier molecular flexibility index (Phi) is 2.44. The van der Waals surface area contributed by atoms with Gasteiger partial charge < -0.3 is 0 Å². The van der Waals surface area contributed by atoms with E-state index in [1.165, 1.54) is 30.7 Å². The van der Waals surface area contributed by atoms with Crippen LogP contribution in [0.25, 0.3) is 0 Å². The molecule has 1 aromatic heterocycles. The van der Waals surface area contributed by atoms with Crippen molar-refractivity contribution < 1.29 is 4.79 Å². The SMILES string of the molecule is Cc1sc(C2CCCC2)nc1C=O. The van der Waals surface area contributed by atoms with Crippen LogP contribution in [0.5, 0.6) is 0 Å². The Morgan fingerprint density at radius 1 is 1.46 bits per heavy atom. The Balaban J connectivity index is 2.24. The van der Waals surface area contributed by atoms with Crippen LogP contribution in [0, 0.1) is 6.92 Å². The zero-order chi connectivity index (χ0) is 9.26. The summed E-state index contributed by atoms with van der Waals surface area (Å²) >= 11 is 1.69. The summed E-state index contributed by atoms with van der Waals surface area (Å²) in [6.07, 6.45) is 6.01. The fourth-order valence-electron chi connectivity index (χ4n) is 1.89. The van der Waals surface area contributed by atoms with E-state index >= 15 is 0 Å². The number of carbonyl (C=O) groups is 1. The number of hydrogen-bond acceptors (Lipinski definition) is 3. The minimum absolute atomic E-state index is 0.636. The van der Waals surface area contributed by atoms with Gasteiger partial charge in [-0.25, -0.2) is 4.98 Å². The first-order valence-electron chi connectivity index (χ1n) is 4.74. The summed E-state index contributed by atoms with van der Waals surface area (Å²) in [7, 11) is 0. The number of carbonyl (C=O) groups excluding carboxylic acids is 1. The lowest BCUT2D eigenvalue weighted by Gasteiger charge is -2.01. The fraction of sp³-hybridized carbons (Fsp3) is 0.600. The van der Waals surface area contributed by atoms with Crippen molar-refractivity contribution in [3.05, 3.63) is 15.6 Å². The molecule has 1 fully saturated rings. The second kappa shape index (κ2) is 3.58. The third kappa shape index (κ3) is 1.66. The van der Waals surface area contributed by atoms with Gasteiger partial charge in [-0.2, -0.15) is 0 Å². The van der Waals surface area contributed by atoms with Gasteiger partial charge in [0.05, 0.1) is 5.01 Å². The first-order valence-corrected chi connectivity index (χ1v) is 5.55. The van der Waals surface area contributed by atoms with E-state index in [4.69, 9.17) is 0 Å². The average molecular weight is 195 g/mol. The second-order valence-electron chi connectivity index (χ2n) is 3.59. The molecule has 0 N–H and O–H groups in total. The number of aromatic nitrogens is 1. The van der Waals surface area contributed by atoms with Gasteiger partial charge in [0.2, 0.25) is 0 Å². The minimum atomic E-state index is 0.636. The molecule has 1 aliphatic carbocycles. The molecule has 0 atom stereocenters. The van der Waals surface area contributed by atoms with Gasteiger partial charge in [-0.1, -0.05) is 12.8 Å². The maximum absolute atomic E-state index is 10.6. The van der Waals surface area contributed by atoms with Crippen molar-refractivity contribution in [1.82, 2.24) is 4.98 Å². The Hall–Kier alpha value is -0.700. The molecule has 13 heavy (non-hydrogen) atoms. The molecule has 0 spiro atoms. The van der Waals surface area contributed by atoms with Crippen molar-refractivity contribution >= 4 is 17.6 Å². The largest absolute Gasteiger partial charge is 0.296 e. The van der Waals surface area contributed by atoms with Crippen LogP contribution in [0.2, 0.25) is 0 Å². The van der Waals surface area contributed by atoms with Crippen LogP contribution in [-0.4, -0.2) is 11.3 Å². The lowest BCUT2D eigenvalue weighted by atomic mass is 10.1. The number of aryl methyl sites for hydroxylation is 1. The van der Waals surface area contributed by atoms with Gasteiger partial charge in [0.15, 0.2) is 6.29 Å². The molecule has 1 saturated carbocycles. The van der Waals surface area contributed by atoms with Crippen molar-refractivity contribution in [1.29, 1.82) is 0 Å². The van der Waals surface area contributed by atoms with Crippen LogP contribution in [0.15, 0.2) is 0 Å². The summed E-state index contributed by atoms with van der Waals surface area (Å²) in [5.74, 6) is 0.636. The summed E-state index contributed by atoms with van der Waals surface area (Å²) in [6, 6.07) is 0. The molecule has 0 aromatic carbocycles. The monoisotopic (exact) mass is 195 g/mol. The van der Waals surface area contributed by atoms with Gasteiger partial charge in [-0.05, 0) is 19.8 Å². The first-order chi connectivity index (χ1) is 6.31. The van der Waals surface area contributed by atoms with E-state index in [-0.39, 0.29) is 0 Å². The predicted octanol–water partition coefficient (Wildman–Crippen LogP) is 2.92. The maximum Gasteiger partial charge on any atom is 0.169 e. The quantitative estimate of drug-likeness (QED) is 0.679. The van der Waals surface area contributed by atoms with E-state index in [1.54, 1.807) is 11.3 Å². The molecule has 0 radical (unpaired) electrons. The van der Waals surface area contributed by atoms with Crippen molar-refractivity contribution in [2.24, 2.45) is 0 Å². The summed E-state index contributed by atoms with van der Waals surface area (Å²) in [4.78, 5) is 16.0. The van der Waals surface area contributed by atoms with Gasteiger partial charge in [0.25, 0.3) is 0 Å². The van der Waals surface area contributed by atoms with Crippen molar-refractivity contribution in [3.63, 3.8) is 0 Å². The number of hydrogen-bond donors (Lipinski definition) is 0. The summed E-state index contributed by atoms with van der Waals surface area (Å²) < 4.78 is 0. The molecule has 0 saturated heterocycles. The molecule has 1 heterocycles. The number of rotatable bonds is 2. The number of aldehydes is 1. The fourth-order valence-corrected chi connectivity index (χ4v) is 2.94. The van der Waals surface area contributed by atoms with Gasteiger partial charge >= 0.3 is 0 Å². The Morgan fingerprint density at radius 3 is 2.69 bits per heavy atom. The molecule has 1 aliphatic rings. The van der Waals surface area contributed by atoms with E-state index in [0.29, 0.717) is 11.6 Å². The van der Waals surface area contributed by atoms with E-state index in [1.807, 2.05) is 6.92 Å². The van der Waals surface area contributed by atoms with E-state index < -0.39 is 0 Å². The average Bonchev–Trinajstić information content (AvgIpc) is 2.71. The lowest BCUT2D eigenvalue weighted by molar-refractivity contribution is 0.111. The first kappa shape index (κ1) is 8.88. The molecular formula is C10H13NOS. The summed E-state index contributed by atoms with van der Waals surface area (Å²) in [5.41, 5.74) is 0.645. The van der Waals surface area contributed by atoms with Crippen LogP contribution >= 0.6 is 11.3 Å². The number of nitrogens with zero attached hydrogens (tertiary/aromatic N) is 1. The number of thiazole rings is 1. The van der Waals surface area contributed by atoms with Crippen LogP contribution in [0.1, 0.15) is 52.0 Å². The molecule has 3 heteroatoms. The smallest absolute Gasteiger partial charge is 0.169 e. The molecule has 2 rings (SSSR count). The summed E-state index contributed by atoms with van der Waals surface area (Å²) in [6.45, 7) is 1.97. The third-order valence-corrected chi connectivity index (χ3v) is 3.81. The predicted molar refractivity (Wildman–Crippen MR) is 53.4 cm³/mol. The molecule has 0 amide bonds. The topological polar surface area (TPSA) is 30.0 Å². The Morgan fingerprint density at radius 2 is 2.15 bits per heavy atom. The van der Waals surface area contributed by atoms with Crippen molar-refractivity contribution in [3.8, 4) is 0 Å². The molecule has 0 aliphatic heterocycles. The van der Waals surface area contributed by atoms with Crippen molar-refractivity contribution in [2.75, 3.05) is 0 Å². The molecule has 0 unspecified atom stereocenters. The van der Waals surface area contributed by atoms with Gasteiger partial charge in [-0.15, -0.1) is 11.3 Å². The van der Waals surface area contributed by atoms with Gasteiger partial charge in [0, 0.05) is 10.8 Å². The standard InChI is InChI=1S/C10H13NOS/c1-7-9(6-12)11-10(13-7)8-4-2-3-5-8/h6,8H,2-5H2,1H3. The van der Waals surface area contributed by atoms with Crippen molar-refractivity contribution in [2.45, 2.75) is 38.5 Å². The normalized spacial score (nSPS) is 17.9. The maximum atomic E-state index is 10.6. The highest BCUT2D eigenvalue weighted by Gasteiger charge is 2.21. The molecule has 0 bridgehead atoms. The minimum Gasteiger partial charge on any atom is -0.296 e. The molecular weight excluding hydrogens is 182 g/mol. The summed E-state index contributed by atoms with van der Waals surface area (Å²) in [5, 5.41) is 1.18. The highest BCUT2D eigenvalue weighted by Crippen LogP contribution is 2.36. The van der Waals surface area contributed by atoms with Crippen LogP contribution in [0.4, 0.5) is 0 Å². The zero-order valence-electron chi connectivity index (χ0n) is 7.75. The third-order valence-electron chi connectivity index (χ3n) is 2.67. The highest BCUT2D eigenvalue weighted by atomic mass is 32.1. The highest BCUT2D eigenvalue weighted by molar-refractivity contribution is 7.11. The van der Waals surface area contributed by atoms with E-state index in [2.05, 4.69) is 4.98 Å². The molecule has 1 aromatic rings. The Bertz CT molecular complexity index is 313. The molecule has 2 nitrogen and oxygen atoms in total.